The Balaban J connectivity index is 2.05. The van der Waals surface area contributed by atoms with Gasteiger partial charge in [0.1, 0.15) is 5.82 Å². The van der Waals surface area contributed by atoms with Crippen LogP contribution in [0.2, 0.25) is 0 Å². The third-order valence-corrected chi connectivity index (χ3v) is 3.33. The van der Waals surface area contributed by atoms with Gasteiger partial charge in [0.15, 0.2) is 0 Å². The standard InChI is InChI=1S/C17H15N3O/c18-16(21)15-11-14(13-7-3-1-4-8-13)12-19-17(15)20-9-5-2-6-10-20/h1-9,11-12H,10H2,(H2,18,21). The molecule has 0 atom stereocenters. The number of aromatic nitrogens is 1. The van der Waals surface area contributed by atoms with Crippen molar-refractivity contribution < 1.29 is 4.79 Å². The largest absolute Gasteiger partial charge is 0.365 e. The van der Waals surface area contributed by atoms with Gasteiger partial charge in [0.2, 0.25) is 0 Å². The second kappa shape index (κ2) is 5.63. The van der Waals surface area contributed by atoms with E-state index in [0.29, 0.717) is 17.9 Å². The first-order chi connectivity index (χ1) is 10.3. The molecule has 3 rings (SSSR count). The minimum atomic E-state index is -0.474. The quantitative estimate of drug-likeness (QED) is 0.938. The maximum absolute atomic E-state index is 11.8. The second-order valence-corrected chi connectivity index (χ2v) is 4.75. The number of amides is 1. The Labute approximate surface area is 123 Å². The van der Waals surface area contributed by atoms with Crippen LogP contribution in [0.5, 0.6) is 0 Å². The lowest BCUT2D eigenvalue weighted by atomic mass is 10.0. The predicted octanol–water partition coefficient (Wildman–Crippen LogP) is 2.74. The number of carbonyl (C=O) groups excluding carboxylic acids is 1. The summed E-state index contributed by atoms with van der Waals surface area (Å²) >= 11 is 0. The van der Waals surface area contributed by atoms with Crippen molar-refractivity contribution in [2.45, 2.75) is 0 Å². The number of allylic oxidation sites excluding steroid dienone is 2. The van der Waals surface area contributed by atoms with Crippen LogP contribution in [0.15, 0.2) is 67.0 Å². The van der Waals surface area contributed by atoms with Crippen molar-refractivity contribution in [1.82, 2.24) is 4.98 Å². The number of nitrogens with zero attached hydrogens (tertiary/aromatic N) is 2. The van der Waals surface area contributed by atoms with Crippen molar-refractivity contribution in [2.75, 3.05) is 11.4 Å². The van der Waals surface area contributed by atoms with Crippen LogP contribution in [0, 0.1) is 0 Å². The maximum Gasteiger partial charge on any atom is 0.252 e. The topological polar surface area (TPSA) is 59.2 Å². The van der Waals surface area contributed by atoms with Gasteiger partial charge in [-0.3, -0.25) is 4.79 Å². The van der Waals surface area contributed by atoms with E-state index in [1.165, 1.54) is 0 Å². The zero-order valence-corrected chi connectivity index (χ0v) is 11.4. The van der Waals surface area contributed by atoms with Crippen LogP contribution in [0.1, 0.15) is 10.4 Å². The molecule has 2 heterocycles. The number of carbonyl (C=O) groups is 1. The van der Waals surface area contributed by atoms with E-state index in [-0.39, 0.29) is 0 Å². The van der Waals surface area contributed by atoms with Gasteiger partial charge in [-0.1, -0.05) is 42.5 Å². The molecule has 0 fully saturated rings. The molecular weight excluding hydrogens is 262 g/mol. The molecule has 4 heteroatoms. The summed E-state index contributed by atoms with van der Waals surface area (Å²) < 4.78 is 0. The van der Waals surface area contributed by atoms with E-state index >= 15 is 0 Å². The lowest BCUT2D eigenvalue weighted by Gasteiger charge is -2.21. The van der Waals surface area contributed by atoms with Crippen molar-refractivity contribution in [3.8, 4) is 11.1 Å². The van der Waals surface area contributed by atoms with E-state index < -0.39 is 5.91 Å². The molecule has 0 radical (unpaired) electrons. The van der Waals surface area contributed by atoms with Crippen molar-refractivity contribution in [3.05, 3.63) is 72.6 Å². The van der Waals surface area contributed by atoms with E-state index in [4.69, 9.17) is 5.73 Å². The molecule has 0 saturated heterocycles. The number of anilines is 1. The van der Waals surface area contributed by atoms with Gasteiger partial charge in [0, 0.05) is 24.5 Å². The van der Waals surface area contributed by atoms with Crippen LogP contribution in [0.3, 0.4) is 0 Å². The molecule has 1 aliphatic rings. The van der Waals surface area contributed by atoms with Crippen molar-refractivity contribution in [1.29, 1.82) is 0 Å². The van der Waals surface area contributed by atoms with Gasteiger partial charge >= 0.3 is 0 Å². The number of nitrogens with two attached hydrogens (primary N) is 1. The molecule has 104 valence electrons. The molecule has 1 amide bonds. The Kier molecular flexibility index (Phi) is 3.51. The molecule has 2 N–H and O–H groups in total. The van der Waals surface area contributed by atoms with Gasteiger partial charge in [-0.25, -0.2) is 4.98 Å². The summed E-state index contributed by atoms with van der Waals surface area (Å²) in [4.78, 5) is 18.1. The zero-order chi connectivity index (χ0) is 14.7. The van der Waals surface area contributed by atoms with E-state index in [1.54, 1.807) is 12.3 Å². The fraction of sp³-hybridized carbons (Fsp3) is 0.0588. The molecule has 1 aliphatic heterocycles. The lowest BCUT2D eigenvalue weighted by Crippen LogP contribution is -2.24. The Morgan fingerprint density at radius 1 is 1.14 bits per heavy atom. The van der Waals surface area contributed by atoms with E-state index in [2.05, 4.69) is 4.98 Å². The second-order valence-electron chi connectivity index (χ2n) is 4.75. The third-order valence-electron chi connectivity index (χ3n) is 3.33. The minimum absolute atomic E-state index is 0.427. The van der Waals surface area contributed by atoms with Gasteiger partial charge in [0.05, 0.1) is 5.56 Å². The molecule has 2 aromatic rings. The number of primary amides is 1. The van der Waals surface area contributed by atoms with Crippen LogP contribution in [0.25, 0.3) is 11.1 Å². The van der Waals surface area contributed by atoms with Crippen molar-refractivity contribution in [2.24, 2.45) is 5.73 Å². The summed E-state index contributed by atoms with van der Waals surface area (Å²) in [6, 6.07) is 11.6. The first-order valence-corrected chi connectivity index (χ1v) is 6.71. The monoisotopic (exact) mass is 277 g/mol. The summed E-state index contributed by atoms with van der Waals surface area (Å²) in [5.41, 5.74) is 7.83. The molecule has 1 aromatic carbocycles. The number of hydrogen-bond acceptors (Lipinski definition) is 3. The molecular formula is C17H15N3O. The van der Waals surface area contributed by atoms with Gasteiger partial charge in [-0.2, -0.15) is 0 Å². The van der Waals surface area contributed by atoms with Crippen molar-refractivity contribution in [3.63, 3.8) is 0 Å². The molecule has 21 heavy (non-hydrogen) atoms. The number of rotatable bonds is 3. The van der Waals surface area contributed by atoms with Gasteiger partial charge < -0.3 is 10.6 Å². The van der Waals surface area contributed by atoms with Crippen LogP contribution < -0.4 is 10.6 Å². The SMILES string of the molecule is NC(=O)c1cc(-c2ccccc2)cnc1N1C=CC=CC1. The Bertz CT molecular complexity index is 720. The highest BCUT2D eigenvalue weighted by Gasteiger charge is 2.16. The molecule has 0 bridgehead atoms. The Morgan fingerprint density at radius 2 is 1.95 bits per heavy atom. The van der Waals surface area contributed by atoms with Crippen LogP contribution in [0.4, 0.5) is 5.82 Å². The fourth-order valence-corrected chi connectivity index (χ4v) is 2.28. The van der Waals surface area contributed by atoms with Crippen LogP contribution in [-0.4, -0.2) is 17.4 Å². The highest BCUT2D eigenvalue weighted by molar-refractivity contribution is 5.99. The summed E-state index contributed by atoms with van der Waals surface area (Å²) in [5, 5.41) is 0. The highest BCUT2D eigenvalue weighted by Crippen LogP contribution is 2.25. The van der Waals surface area contributed by atoms with E-state index in [1.807, 2.05) is 59.7 Å². The van der Waals surface area contributed by atoms with Gasteiger partial charge in [-0.05, 0) is 17.7 Å². The maximum atomic E-state index is 11.8. The minimum Gasteiger partial charge on any atom is -0.365 e. The molecule has 0 unspecified atom stereocenters. The molecule has 0 saturated carbocycles. The zero-order valence-electron chi connectivity index (χ0n) is 11.4. The summed E-state index contributed by atoms with van der Waals surface area (Å²) in [7, 11) is 0. The summed E-state index contributed by atoms with van der Waals surface area (Å²) in [5.74, 6) is 0.112. The third kappa shape index (κ3) is 2.69. The summed E-state index contributed by atoms with van der Waals surface area (Å²) in [6.45, 7) is 0.675. The molecule has 0 aliphatic carbocycles. The van der Waals surface area contributed by atoms with Gasteiger partial charge in [-0.15, -0.1) is 0 Å². The highest BCUT2D eigenvalue weighted by atomic mass is 16.1. The number of pyridine rings is 1. The van der Waals surface area contributed by atoms with E-state index in [9.17, 15) is 4.79 Å². The molecule has 0 spiro atoms. The average molecular weight is 277 g/mol. The average Bonchev–Trinajstić information content (AvgIpc) is 2.56. The van der Waals surface area contributed by atoms with Crippen molar-refractivity contribution >= 4 is 11.7 Å². The normalized spacial score (nSPS) is 13.4. The smallest absolute Gasteiger partial charge is 0.252 e. The first kappa shape index (κ1) is 13.1. The number of benzene rings is 1. The Morgan fingerprint density at radius 3 is 2.62 bits per heavy atom. The lowest BCUT2D eigenvalue weighted by molar-refractivity contribution is 0.100. The predicted molar refractivity (Wildman–Crippen MR) is 83.8 cm³/mol. The summed E-state index contributed by atoms with van der Waals surface area (Å²) in [6.07, 6.45) is 9.51. The van der Waals surface area contributed by atoms with Crippen LogP contribution in [-0.2, 0) is 0 Å². The number of hydrogen-bond donors (Lipinski definition) is 1. The van der Waals surface area contributed by atoms with Crippen LogP contribution >= 0.6 is 0 Å². The van der Waals surface area contributed by atoms with E-state index in [0.717, 1.165) is 11.1 Å². The van der Waals surface area contributed by atoms with Gasteiger partial charge in [0.25, 0.3) is 5.91 Å². The molecule has 4 nitrogen and oxygen atoms in total. The first-order valence-electron chi connectivity index (χ1n) is 6.71. The molecule has 1 aromatic heterocycles. The fourth-order valence-electron chi connectivity index (χ4n) is 2.28. The Hall–Kier alpha value is -2.88.